The zero-order valence-electron chi connectivity index (χ0n) is 8.36. The fourth-order valence-electron chi connectivity index (χ4n) is 2.24. The molecule has 2 rings (SSSR count). The Morgan fingerprint density at radius 2 is 2.07 bits per heavy atom. The molecule has 0 bridgehead atoms. The fourth-order valence-corrected chi connectivity index (χ4v) is 2.24. The first-order valence-electron chi connectivity index (χ1n) is 5.13. The molecule has 78 valence electrons. The summed E-state index contributed by atoms with van der Waals surface area (Å²) in [7, 11) is 0. The van der Waals surface area contributed by atoms with Crippen molar-refractivity contribution < 1.29 is 5.11 Å². The number of aliphatic hydroxyl groups is 1. The van der Waals surface area contributed by atoms with Crippen molar-refractivity contribution in [2.45, 2.75) is 44.8 Å². The second-order valence-corrected chi connectivity index (χ2v) is 4.07. The largest absolute Gasteiger partial charge is 0.393 e. The molecule has 1 saturated carbocycles. The highest BCUT2D eigenvalue weighted by atomic mass is 16.3. The predicted molar refractivity (Wildman–Crippen MR) is 53.3 cm³/mol. The molecule has 14 heavy (non-hydrogen) atoms. The minimum atomic E-state index is -0.166. The van der Waals surface area contributed by atoms with Gasteiger partial charge in [0.25, 0.3) is 0 Å². The number of nitrogens with zero attached hydrogens (tertiary/aromatic N) is 1. The Hall–Kier alpha value is -1.03. The number of imidazole rings is 1. The molecular weight excluding hydrogens is 180 g/mol. The van der Waals surface area contributed by atoms with Gasteiger partial charge in [-0.25, -0.2) is 4.79 Å². The van der Waals surface area contributed by atoms with Crippen LogP contribution in [-0.4, -0.2) is 20.8 Å². The number of hydrogen-bond acceptors (Lipinski definition) is 2. The Labute approximate surface area is 82.6 Å². The fraction of sp³-hybridized carbons (Fsp3) is 0.700. The van der Waals surface area contributed by atoms with E-state index >= 15 is 0 Å². The normalized spacial score (nSPS) is 27.9. The van der Waals surface area contributed by atoms with Crippen LogP contribution in [0.1, 0.15) is 37.4 Å². The lowest BCUT2D eigenvalue weighted by Crippen LogP contribution is -2.28. The maximum atomic E-state index is 11.5. The van der Waals surface area contributed by atoms with Gasteiger partial charge in [0.1, 0.15) is 0 Å². The first-order valence-corrected chi connectivity index (χ1v) is 5.13. The van der Waals surface area contributed by atoms with E-state index in [4.69, 9.17) is 0 Å². The SMILES string of the molecule is Cc1c[nH]c(=O)n1C1CCC(O)CC1. The molecule has 1 heterocycles. The average molecular weight is 196 g/mol. The van der Waals surface area contributed by atoms with Gasteiger partial charge in [0, 0.05) is 17.9 Å². The number of aryl methyl sites for hydroxylation is 1. The summed E-state index contributed by atoms with van der Waals surface area (Å²) in [5.74, 6) is 0. The van der Waals surface area contributed by atoms with Crippen LogP contribution in [0.15, 0.2) is 11.0 Å². The number of hydrogen-bond donors (Lipinski definition) is 2. The van der Waals surface area contributed by atoms with Crippen LogP contribution in [-0.2, 0) is 0 Å². The van der Waals surface area contributed by atoms with E-state index in [1.165, 1.54) is 0 Å². The Balaban J connectivity index is 2.20. The summed E-state index contributed by atoms with van der Waals surface area (Å²) in [5.41, 5.74) is 0.959. The van der Waals surface area contributed by atoms with Gasteiger partial charge < -0.3 is 10.1 Å². The molecule has 1 aliphatic rings. The summed E-state index contributed by atoms with van der Waals surface area (Å²) in [4.78, 5) is 14.2. The third-order valence-corrected chi connectivity index (χ3v) is 3.03. The van der Waals surface area contributed by atoms with Gasteiger partial charge in [0.2, 0.25) is 0 Å². The molecule has 0 spiro atoms. The van der Waals surface area contributed by atoms with E-state index in [-0.39, 0.29) is 17.8 Å². The van der Waals surface area contributed by atoms with Crippen LogP contribution in [0.2, 0.25) is 0 Å². The summed E-state index contributed by atoms with van der Waals surface area (Å²) in [6.45, 7) is 1.93. The first-order chi connectivity index (χ1) is 6.68. The van der Waals surface area contributed by atoms with Crippen molar-refractivity contribution in [3.63, 3.8) is 0 Å². The molecule has 0 unspecified atom stereocenters. The number of H-pyrrole nitrogens is 1. The molecule has 0 saturated heterocycles. The van der Waals surface area contributed by atoms with E-state index < -0.39 is 0 Å². The van der Waals surface area contributed by atoms with Crippen molar-refractivity contribution in [2.24, 2.45) is 0 Å². The Morgan fingerprint density at radius 1 is 1.43 bits per heavy atom. The second-order valence-electron chi connectivity index (χ2n) is 4.07. The Kier molecular flexibility index (Phi) is 2.46. The maximum Gasteiger partial charge on any atom is 0.325 e. The van der Waals surface area contributed by atoms with Crippen molar-refractivity contribution in [3.05, 3.63) is 22.4 Å². The van der Waals surface area contributed by atoms with E-state index in [9.17, 15) is 9.90 Å². The van der Waals surface area contributed by atoms with Gasteiger partial charge >= 0.3 is 5.69 Å². The molecule has 0 amide bonds. The van der Waals surface area contributed by atoms with Crippen LogP contribution in [0, 0.1) is 6.92 Å². The minimum absolute atomic E-state index is 0.0242. The molecule has 4 nitrogen and oxygen atoms in total. The zero-order chi connectivity index (χ0) is 10.1. The number of nitrogens with one attached hydrogen (secondary N) is 1. The van der Waals surface area contributed by atoms with Crippen LogP contribution in [0.3, 0.4) is 0 Å². The molecule has 0 aromatic carbocycles. The smallest absolute Gasteiger partial charge is 0.325 e. The number of aromatic amines is 1. The lowest BCUT2D eigenvalue weighted by molar-refractivity contribution is 0.109. The minimum Gasteiger partial charge on any atom is -0.393 e. The number of aliphatic hydroxyl groups excluding tert-OH is 1. The van der Waals surface area contributed by atoms with Crippen molar-refractivity contribution in [1.29, 1.82) is 0 Å². The third kappa shape index (κ3) is 1.62. The molecule has 0 aliphatic heterocycles. The van der Waals surface area contributed by atoms with Crippen LogP contribution in [0.5, 0.6) is 0 Å². The molecular formula is C10H16N2O2. The summed E-state index contributed by atoms with van der Waals surface area (Å²) in [6.07, 6.45) is 5.00. The monoisotopic (exact) mass is 196 g/mol. The lowest BCUT2D eigenvalue weighted by Gasteiger charge is -2.26. The van der Waals surface area contributed by atoms with Crippen molar-refractivity contribution in [1.82, 2.24) is 9.55 Å². The van der Waals surface area contributed by atoms with Gasteiger partial charge in [-0.05, 0) is 32.6 Å². The van der Waals surface area contributed by atoms with E-state index in [0.717, 1.165) is 31.4 Å². The average Bonchev–Trinajstić information content (AvgIpc) is 2.49. The molecule has 2 N–H and O–H groups in total. The first kappa shape index (κ1) is 9.52. The van der Waals surface area contributed by atoms with Crippen molar-refractivity contribution >= 4 is 0 Å². The topological polar surface area (TPSA) is 58.0 Å². The summed E-state index contributed by atoms with van der Waals surface area (Å²) in [5, 5.41) is 9.37. The van der Waals surface area contributed by atoms with E-state index in [1.807, 2.05) is 11.5 Å². The third-order valence-electron chi connectivity index (χ3n) is 3.03. The molecule has 1 aromatic rings. The second kappa shape index (κ2) is 3.61. The molecule has 1 aromatic heterocycles. The van der Waals surface area contributed by atoms with Crippen LogP contribution < -0.4 is 5.69 Å². The summed E-state index contributed by atoms with van der Waals surface area (Å²) < 4.78 is 1.81. The molecule has 0 atom stereocenters. The number of aromatic nitrogens is 2. The van der Waals surface area contributed by atoms with E-state index in [2.05, 4.69) is 4.98 Å². The molecule has 4 heteroatoms. The molecule has 1 aliphatic carbocycles. The van der Waals surface area contributed by atoms with E-state index in [1.54, 1.807) is 6.20 Å². The standard InChI is InChI=1S/C10H16N2O2/c1-7-6-11-10(14)12(7)8-2-4-9(13)5-3-8/h6,8-9,13H,2-5H2,1H3,(H,11,14). The van der Waals surface area contributed by atoms with Crippen molar-refractivity contribution in [2.75, 3.05) is 0 Å². The predicted octanol–water partition coefficient (Wildman–Crippen LogP) is 0.961. The Morgan fingerprint density at radius 3 is 2.57 bits per heavy atom. The highest BCUT2D eigenvalue weighted by Crippen LogP contribution is 2.27. The molecule has 0 radical (unpaired) electrons. The van der Waals surface area contributed by atoms with E-state index in [0.29, 0.717) is 0 Å². The zero-order valence-corrected chi connectivity index (χ0v) is 8.36. The van der Waals surface area contributed by atoms with Crippen LogP contribution in [0.4, 0.5) is 0 Å². The van der Waals surface area contributed by atoms with Crippen molar-refractivity contribution in [3.8, 4) is 0 Å². The van der Waals surface area contributed by atoms with Gasteiger partial charge in [-0.1, -0.05) is 0 Å². The van der Waals surface area contributed by atoms with Gasteiger partial charge in [0.05, 0.1) is 6.10 Å². The lowest BCUT2D eigenvalue weighted by atomic mass is 9.93. The number of rotatable bonds is 1. The highest BCUT2D eigenvalue weighted by Gasteiger charge is 2.22. The van der Waals surface area contributed by atoms with Gasteiger partial charge in [-0.3, -0.25) is 4.57 Å². The van der Waals surface area contributed by atoms with Gasteiger partial charge in [0.15, 0.2) is 0 Å². The summed E-state index contributed by atoms with van der Waals surface area (Å²) >= 11 is 0. The quantitative estimate of drug-likeness (QED) is 0.703. The molecule has 1 fully saturated rings. The van der Waals surface area contributed by atoms with Gasteiger partial charge in [-0.15, -0.1) is 0 Å². The highest BCUT2D eigenvalue weighted by molar-refractivity contribution is 4.98. The van der Waals surface area contributed by atoms with Crippen LogP contribution in [0.25, 0.3) is 0 Å². The Bertz CT molecular complexity index is 358. The maximum absolute atomic E-state index is 11.5. The van der Waals surface area contributed by atoms with Gasteiger partial charge in [-0.2, -0.15) is 0 Å². The van der Waals surface area contributed by atoms with Crippen LogP contribution >= 0.6 is 0 Å². The summed E-state index contributed by atoms with van der Waals surface area (Å²) in [6, 6.07) is 0.275.